The van der Waals surface area contributed by atoms with Crippen LogP contribution in [-0.2, 0) is 4.79 Å². The molecule has 1 amide bonds. The minimum Gasteiger partial charge on any atom is -0.434 e. The molecule has 1 fully saturated rings. The van der Waals surface area contributed by atoms with Crippen molar-refractivity contribution in [1.82, 2.24) is 15.2 Å². The van der Waals surface area contributed by atoms with Gasteiger partial charge in [-0.05, 0) is 24.6 Å². The predicted molar refractivity (Wildman–Crippen MR) is 107 cm³/mol. The summed E-state index contributed by atoms with van der Waals surface area (Å²) in [6, 6.07) is 12.0. The quantitative estimate of drug-likeness (QED) is 0.733. The van der Waals surface area contributed by atoms with Gasteiger partial charge in [-0.3, -0.25) is 9.69 Å². The molecule has 0 radical (unpaired) electrons. The van der Waals surface area contributed by atoms with Gasteiger partial charge in [-0.15, -0.1) is 0 Å². The molecule has 1 aliphatic rings. The molecule has 8 heteroatoms. The van der Waals surface area contributed by atoms with Gasteiger partial charge in [0, 0.05) is 37.9 Å². The number of halogens is 2. The summed E-state index contributed by atoms with van der Waals surface area (Å²) in [4.78, 5) is 21.2. The Bertz CT molecular complexity index is 783. The fraction of sp³-hybridized carbons (Fsp3) is 0.429. The van der Waals surface area contributed by atoms with Crippen LogP contribution in [0.5, 0.6) is 5.75 Å². The third-order valence-corrected chi connectivity index (χ3v) is 4.97. The van der Waals surface area contributed by atoms with Crippen molar-refractivity contribution in [3.05, 3.63) is 54.2 Å². The predicted octanol–water partition coefficient (Wildman–Crippen LogP) is 3.07. The van der Waals surface area contributed by atoms with Crippen molar-refractivity contribution in [1.29, 1.82) is 0 Å². The van der Waals surface area contributed by atoms with E-state index in [4.69, 9.17) is 0 Å². The van der Waals surface area contributed by atoms with Crippen LogP contribution >= 0.6 is 0 Å². The first-order valence-corrected chi connectivity index (χ1v) is 9.78. The third-order valence-electron chi connectivity index (χ3n) is 4.97. The zero-order valence-corrected chi connectivity index (χ0v) is 16.4. The molecular weight excluding hydrogens is 378 g/mol. The van der Waals surface area contributed by atoms with Crippen molar-refractivity contribution < 1.29 is 18.3 Å². The molecule has 2 heterocycles. The molecule has 1 aromatic heterocycles. The maximum Gasteiger partial charge on any atom is 0.387 e. The monoisotopic (exact) mass is 404 g/mol. The molecule has 1 N–H and O–H groups in total. The highest BCUT2D eigenvalue weighted by molar-refractivity contribution is 5.78. The van der Waals surface area contributed by atoms with E-state index in [1.165, 1.54) is 6.07 Å². The maximum atomic E-state index is 12.7. The van der Waals surface area contributed by atoms with Gasteiger partial charge in [0.2, 0.25) is 5.91 Å². The summed E-state index contributed by atoms with van der Waals surface area (Å²) < 4.78 is 29.9. The van der Waals surface area contributed by atoms with E-state index >= 15 is 0 Å². The first kappa shape index (κ1) is 21.0. The highest BCUT2D eigenvalue weighted by atomic mass is 19.3. The van der Waals surface area contributed by atoms with Gasteiger partial charge in [-0.25, -0.2) is 4.98 Å². The first-order valence-electron chi connectivity index (χ1n) is 9.78. The number of piperazine rings is 1. The van der Waals surface area contributed by atoms with E-state index in [9.17, 15) is 13.6 Å². The smallest absolute Gasteiger partial charge is 0.387 e. The molecule has 0 saturated carbocycles. The van der Waals surface area contributed by atoms with Crippen LogP contribution in [0.2, 0.25) is 0 Å². The van der Waals surface area contributed by atoms with Crippen molar-refractivity contribution in [2.45, 2.75) is 26.0 Å². The molecule has 0 aliphatic carbocycles. The molecule has 29 heavy (non-hydrogen) atoms. The second kappa shape index (κ2) is 10.2. The summed E-state index contributed by atoms with van der Waals surface area (Å²) in [5, 5.41) is 2.96. The van der Waals surface area contributed by atoms with E-state index in [2.05, 4.69) is 24.8 Å². The Labute approximate surface area is 169 Å². The summed E-state index contributed by atoms with van der Waals surface area (Å²) in [5.41, 5.74) is 0.559. The number of carbonyl (C=O) groups excluding carboxylic acids is 1. The number of hydrogen-bond acceptors (Lipinski definition) is 5. The lowest BCUT2D eigenvalue weighted by Crippen LogP contribution is -2.50. The van der Waals surface area contributed by atoms with E-state index in [0.29, 0.717) is 12.0 Å². The molecule has 156 valence electrons. The topological polar surface area (TPSA) is 57.7 Å². The molecule has 6 nitrogen and oxygen atoms in total. The summed E-state index contributed by atoms with van der Waals surface area (Å²) in [6.45, 7) is 2.37. The Morgan fingerprint density at radius 3 is 2.52 bits per heavy atom. The van der Waals surface area contributed by atoms with E-state index in [1.54, 1.807) is 24.4 Å². The Hall–Kier alpha value is -2.74. The summed E-state index contributed by atoms with van der Waals surface area (Å²) in [6.07, 6.45) is 2.35. The van der Waals surface area contributed by atoms with Gasteiger partial charge in [-0.1, -0.05) is 31.2 Å². The fourth-order valence-corrected chi connectivity index (χ4v) is 3.49. The SMILES string of the molecule is CCC(NC(=O)CN1CCN(c2ccccn2)CC1)c1ccccc1OC(F)F. The number of aromatic nitrogens is 1. The number of pyridine rings is 1. The number of anilines is 1. The molecule has 3 rings (SSSR count). The van der Waals surface area contributed by atoms with Crippen LogP contribution in [0.4, 0.5) is 14.6 Å². The lowest BCUT2D eigenvalue weighted by molar-refractivity contribution is -0.123. The second-order valence-corrected chi connectivity index (χ2v) is 6.90. The van der Waals surface area contributed by atoms with Crippen LogP contribution in [-0.4, -0.2) is 55.1 Å². The largest absolute Gasteiger partial charge is 0.434 e. The number of rotatable bonds is 8. The van der Waals surface area contributed by atoms with Crippen LogP contribution in [0.1, 0.15) is 24.9 Å². The summed E-state index contributed by atoms with van der Waals surface area (Å²) in [7, 11) is 0. The van der Waals surface area contributed by atoms with Crippen LogP contribution in [0, 0.1) is 0 Å². The molecule has 0 bridgehead atoms. The molecule has 1 atom stereocenters. The Kier molecular flexibility index (Phi) is 7.35. The van der Waals surface area contributed by atoms with Gasteiger partial charge >= 0.3 is 6.61 Å². The summed E-state index contributed by atoms with van der Waals surface area (Å²) in [5.74, 6) is 0.909. The second-order valence-electron chi connectivity index (χ2n) is 6.90. The fourth-order valence-electron chi connectivity index (χ4n) is 3.49. The molecule has 0 spiro atoms. The molecule has 2 aromatic rings. The number of alkyl halides is 2. The van der Waals surface area contributed by atoms with E-state index in [-0.39, 0.29) is 24.2 Å². The van der Waals surface area contributed by atoms with Crippen LogP contribution < -0.4 is 15.0 Å². The van der Waals surface area contributed by atoms with Gasteiger partial charge in [0.15, 0.2) is 0 Å². The number of nitrogens with one attached hydrogen (secondary N) is 1. The molecule has 1 aliphatic heterocycles. The van der Waals surface area contributed by atoms with E-state index in [1.807, 2.05) is 25.1 Å². The van der Waals surface area contributed by atoms with Crippen molar-refractivity contribution in [3.8, 4) is 5.75 Å². The minimum absolute atomic E-state index is 0.0959. The molecule has 1 unspecified atom stereocenters. The number of para-hydroxylation sites is 1. The zero-order valence-electron chi connectivity index (χ0n) is 16.4. The lowest BCUT2D eigenvalue weighted by Gasteiger charge is -2.35. The Morgan fingerprint density at radius 1 is 1.14 bits per heavy atom. The average molecular weight is 404 g/mol. The van der Waals surface area contributed by atoms with Gasteiger partial charge in [0.1, 0.15) is 11.6 Å². The van der Waals surface area contributed by atoms with Gasteiger partial charge in [0.05, 0.1) is 12.6 Å². The maximum absolute atomic E-state index is 12.7. The number of hydrogen-bond donors (Lipinski definition) is 1. The highest BCUT2D eigenvalue weighted by Crippen LogP contribution is 2.28. The van der Waals surface area contributed by atoms with E-state index < -0.39 is 6.61 Å². The average Bonchev–Trinajstić information content (AvgIpc) is 2.73. The summed E-state index contributed by atoms with van der Waals surface area (Å²) >= 11 is 0. The van der Waals surface area contributed by atoms with Crippen molar-refractivity contribution in [3.63, 3.8) is 0 Å². The first-order chi connectivity index (χ1) is 14.1. The molecule has 1 saturated heterocycles. The van der Waals surface area contributed by atoms with Crippen LogP contribution in [0.15, 0.2) is 48.7 Å². The number of ether oxygens (including phenoxy) is 1. The van der Waals surface area contributed by atoms with Crippen molar-refractivity contribution >= 4 is 11.7 Å². The Morgan fingerprint density at radius 2 is 1.86 bits per heavy atom. The molecule has 1 aromatic carbocycles. The standard InChI is InChI=1S/C21H26F2N4O2/c1-2-17(16-7-3-4-8-18(16)29-21(22)23)25-20(28)15-26-11-13-27(14-12-26)19-9-5-6-10-24-19/h3-10,17,21H,2,11-15H2,1H3,(H,25,28). The lowest BCUT2D eigenvalue weighted by atomic mass is 10.0. The van der Waals surface area contributed by atoms with Gasteiger partial charge in [0.25, 0.3) is 0 Å². The van der Waals surface area contributed by atoms with Crippen LogP contribution in [0.25, 0.3) is 0 Å². The van der Waals surface area contributed by atoms with Gasteiger partial charge in [-0.2, -0.15) is 8.78 Å². The van der Waals surface area contributed by atoms with Crippen LogP contribution in [0.3, 0.4) is 0 Å². The number of carbonyl (C=O) groups is 1. The van der Waals surface area contributed by atoms with E-state index in [0.717, 1.165) is 32.0 Å². The van der Waals surface area contributed by atoms with Gasteiger partial charge < -0.3 is 15.0 Å². The number of amides is 1. The third kappa shape index (κ3) is 5.87. The van der Waals surface area contributed by atoms with Crippen molar-refractivity contribution in [2.24, 2.45) is 0 Å². The highest BCUT2D eigenvalue weighted by Gasteiger charge is 2.22. The van der Waals surface area contributed by atoms with Crippen molar-refractivity contribution in [2.75, 3.05) is 37.6 Å². The molecular formula is C21H26F2N4O2. The zero-order chi connectivity index (χ0) is 20.6. The number of benzene rings is 1. The number of nitrogens with zero attached hydrogens (tertiary/aromatic N) is 3. The Balaban J connectivity index is 1.54. The normalized spacial score (nSPS) is 15.9. The minimum atomic E-state index is -2.90.